The molecule has 8 nitrogen and oxygen atoms in total. The Labute approximate surface area is 121 Å². The van der Waals surface area contributed by atoms with Crippen LogP contribution in [0.25, 0.3) is 0 Å². The second kappa shape index (κ2) is 6.51. The lowest BCUT2D eigenvalue weighted by Gasteiger charge is -2.10. The van der Waals surface area contributed by atoms with Crippen molar-refractivity contribution in [3.8, 4) is 5.75 Å². The Morgan fingerprint density at radius 1 is 1.38 bits per heavy atom. The van der Waals surface area contributed by atoms with E-state index in [0.29, 0.717) is 18.2 Å². The fourth-order valence-corrected chi connectivity index (χ4v) is 1.79. The molecule has 2 N–H and O–H groups in total. The molecule has 0 saturated heterocycles. The van der Waals surface area contributed by atoms with E-state index in [-0.39, 0.29) is 11.5 Å². The van der Waals surface area contributed by atoms with Crippen molar-refractivity contribution in [2.45, 2.75) is 6.54 Å². The van der Waals surface area contributed by atoms with Crippen LogP contribution in [0.1, 0.15) is 5.56 Å². The summed E-state index contributed by atoms with van der Waals surface area (Å²) in [6, 6.07) is 7.42. The van der Waals surface area contributed by atoms with E-state index in [1.807, 2.05) is 24.3 Å². The first-order valence-electron chi connectivity index (χ1n) is 6.20. The lowest BCUT2D eigenvalue weighted by molar-refractivity contribution is -0.384. The minimum atomic E-state index is -0.524. The Bertz CT molecular complexity index is 647. The van der Waals surface area contributed by atoms with E-state index in [0.717, 1.165) is 5.56 Å². The van der Waals surface area contributed by atoms with Crippen molar-refractivity contribution >= 4 is 17.5 Å². The summed E-state index contributed by atoms with van der Waals surface area (Å²) in [5.41, 5.74) is 0.697. The first kappa shape index (κ1) is 14.5. The summed E-state index contributed by atoms with van der Waals surface area (Å²) in [7, 11) is 3.22. The number of para-hydroxylation sites is 1. The van der Waals surface area contributed by atoms with E-state index in [4.69, 9.17) is 4.74 Å². The van der Waals surface area contributed by atoms with E-state index in [2.05, 4.69) is 20.6 Å². The number of nitrogens with zero attached hydrogens (tertiary/aromatic N) is 3. The van der Waals surface area contributed by atoms with Gasteiger partial charge in [0.15, 0.2) is 0 Å². The van der Waals surface area contributed by atoms with Gasteiger partial charge in [0, 0.05) is 19.2 Å². The molecule has 0 saturated carbocycles. The van der Waals surface area contributed by atoms with Gasteiger partial charge >= 0.3 is 5.69 Å². The molecule has 0 aliphatic heterocycles. The van der Waals surface area contributed by atoms with Crippen molar-refractivity contribution in [2.75, 3.05) is 24.8 Å². The summed E-state index contributed by atoms with van der Waals surface area (Å²) < 4.78 is 5.24. The number of aromatic nitrogens is 2. The maximum atomic E-state index is 11.0. The molecule has 0 aliphatic carbocycles. The van der Waals surface area contributed by atoms with Crippen molar-refractivity contribution in [1.82, 2.24) is 9.97 Å². The van der Waals surface area contributed by atoms with Gasteiger partial charge in [-0.1, -0.05) is 18.2 Å². The number of ether oxygens (including phenoxy) is 1. The number of nitrogens with one attached hydrogen (secondary N) is 2. The number of rotatable bonds is 6. The Balaban J connectivity index is 2.24. The highest BCUT2D eigenvalue weighted by atomic mass is 16.6. The standard InChI is InChI=1S/C13H15N5O3/c1-14-13-16-8-10(18(19)20)12(17-13)15-7-9-5-3-4-6-11(9)21-2/h3-6,8H,7H2,1-2H3,(H2,14,15,16,17). The molecule has 8 heteroatoms. The third-order valence-corrected chi connectivity index (χ3v) is 2.83. The lowest BCUT2D eigenvalue weighted by Crippen LogP contribution is -2.08. The Morgan fingerprint density at radius 2 is 2.14 bits per heavy atom. The van der Waals surface area contributed by atoms with Gasteiger partial charge in [0.2, 0.25) is 11.8 Å². The van der Waals surface area contributed by atoms with E-state index < -0.39 is 4.92 Å². The summed E-state index contributed by atoms with van der Waals surface area (Å²) in [6.07, 6.45) is 1.17. The minimum Gasteiger partial charge on any atom is -0.496 e. The molecule has 2 rings (SSSR count). The first-order valence-corrected chi connectivity index (χ1v) is 6.20. The van der Waals surface area contributed by atoms with Crippen molar-refractivity contribution in [3.05, 3.63) is 46.1 Å². The predicted molar refractivity (Wildman–Crippen MR) is 78.6 cm³/mol. The van der Waals surface area contributed by atoms with Crippen LogP contribution in [0.2, 0.25) is 0 Å². The number of nitro groups is 1. The molecule has 0 bridgehead atoms. The van der Waals surface area contributed by atoms with Gasteiger partial charge < -0.3 is 15.4 Å². The summed E-state index contributed by atoms with van der Waals surface area (Å²) in [5, 5.41) is 16.7. The highest BCUT2D eigenvalue weighted by Crippen LogP contribution is 2.24. The van der Waals surface area contributed by atoms with Gasteiger partial charge in [-0.2, -0.15) is 4.98 Å². The highest BCUT2D eigenvalue weighted by molar-refractivity contribution is 5.57. The minimum absolute atomic E-state index is 0.158. The van der Waals surface area contributed by atoms with Crippen LogP contribution in [0.15, 0.2) is 30.5 Å². The first-order chi connectivity index (χ1) is 10.2. The molecule has 0 radical (unpaired) electrons. The smallest absolute Gasteiger partial charge is 0.329 e. The van der Waals surface area contributed by atoms with Gasteiger partial charge in [-0.25, -0.2) is 4.98 Å². The SMILES string of the molecule is CNc1ncc([N+](=O)[O-])c(NCc2ccccc2OC)n1. The zero-order valence-electron chi connectivity index (χ0n) is 11.7. The van der Waals surface area contributed by atoms with Crippen LogP contribution in [-0.4, -0.2) is 29.0 Å². The van der Waals surface area contributed by atoms with Gasteiger partial charge in [0.05, 0.1) is 12.0 Å². The summed E-state index contributed by atoms with van der Waals surface area (Å²) in [5.74, 6) is 1.17. The molecule has 2 aromatic rings. The van der Waals surface area contributed by atoms with Crippen molar-refractivity contribution < 1.29 is 9.66 Å². The fraction of sp³-hybridized carbons (Fsp3) is 0.231. The van der Waals surface area contributed by atoms with Gasteiger partial charge in [0.1, 0.15) is 11.9 Å². The second-order valence-electron chi connectivity index (χ2n) is 4.10. The number of hydrogen-bond donors (Lipinski definition) is 2. The van der Waals surface area contributed by atoms with Gasteiger partial charge in [-0.05, 0) is 6.07 Å². The third-order valence-electron chi connectivity index (χ3n) is 2.83. The average Bonchev–Trinajstić information content (AvgIpc) is 2.52. The topological polar surface area (TPSA) is 102 Å². The maximum absolute atomic E-state index is 11.0. The number of hydrogen-bond acceptors (Lipinski definition) is 7. The molecule has 1 aromatic carbocycles. The van der Waals surface area contributed by atoms with Gasteiger partial charge in [-0.3, -0.25) is 10.1 Å². The molecule has 110 valence electrons. The maximum Gasteiger partial charge on any atom is 0.329 e. The zero-order valence-corrected chi connectivity index (χ0v) is 11.7. The van der Waals surface area contributed by atoms with E-state index >= 15 is 0 Å². The molecule has 1 heterocycles. The van der Waals surface area contributed by atoms with Crippen LogP contribution in [0.3, 0.4) is 0 Å². The van der Waals surface area contributed by atoms with Crippen molar-refractivity contribution in [3.63, 3.8) is 0 Å². The lowest BCUT2D eigenvalue weighted by atomic mass is 10.2. The molecule has 0 amide bonds. The van der Waals surface area contributed by atoms with Crippen LogP contribution < -0.4 is 15.4 Å². The van der Waals surface area contributed by atoms with E-state index in [1.165, 1.54) is 6.20 Å². The van der Waals surface area contributed by atoms with Crippen molar-refractivity contribution in [2.24, 2.45) is 0 Å². The quantitative estimate of drug-likeness (QED) is 0.619. The summed E-state index contributed by atoms with van der Waals surface area (Å²) in [6.45, 7) is 0.352. The molecule has 1 aromatic heterocycles. The predicted octanol–water partition coefficient (Wildman–Crippen LogP) is 2.05. The van der Waals surface area contributed by atoms with Gasteiger partial charge in [-0.15, -0.1) is 0 Å². The zero-order chi connectivity index (χ0) is 15.2. The molecule has 0 fully saturated rings. The Morgan fingerprint density at radius 3 is 2.81 bits per heavy atom. The normalized spacial score (nSPS) is 10.0. The number of anilines is 2. The molecule has 0 spiro atoms. The van der Waals surface area contributed by atoms with Crippen LogP contribution in [0.4, 0.5) is 17.5 Å². The van der Waals surface area contributed by atoms with Crippen LogP contribution in [-0.2, 0) is 6.54 Å². The molecular formula is C13H15N5O3. The van der Waals surface area contributed by atoms with Crippen LogP contribution in [0.5, 0.6) is 5.75 Å². The van der Waals surface area contributed by atoms with Crippen LogP contribution in [0, 0.1) is 10.1 Å². The highest BCUT2D eigenvalue weighted by Gasteiger charge is 2.17. The monoisotopic (exact) mass is 289 g/mol. The largest absolute Gasteiger partial charge is 0.496 e. The molecular weight excluding hydrogens is 274 g/mol. The van der Waals surface area contributed by atoms with Gasteiger partial charge in [0.25, 0.3) is 0 Å². The summed E-state index contributed by atoms with van der Waals surface area (Å²) in [4.78, 5) is 18.4. The fourth-order valence-electron chi connectivity index (χ4n) is 1.79. The van der Waals surface area contributed by atoms with E-state index in [1.54, 1.807) is 14.2 Å². The molecule has 0 aliphatic rings. The number of methoxy groups -OCH3 is 1. The molecule has 0 unspecified atom stereocenters. The third kappa shape index (κ3) is 3.35. The Hall–Kier alpha value is -2.90. The average molecular weight is 289 g/mol. The van der Waals surface area contributed by atoms with Crippen molar-refractivity contribution in [1.29, 1.82) is 0 Å². The van der Waals surface area contributed by atoms with Crippen LogP contribution >= 0.6 is 0 Å². The molecule has 21 heavy (non-hydrogen) atoms. The molecule has 0 atom stereocenters. The second-order valence-corrected chi connectivity index (χ2v) is 4.10. The summed E-state index contributed by atoms with van der Waals surface area (Å²) >= 11 is 0. The van der Waals surface area contributed by atoms with E-state index in [9.17, 15) is 10.1 Å². The Kier molecular flexibility index (Phi) is 4.50. The number of benzene rings is 1.